The van der Waals surface area contributed by atoms with E-state index in [9.17, 15) is 13.2 Å². The predicted molar refractivity (Wildman–Crippen MR) is 70.4 cm³/mol. The van der Waals surface area contributed by atoms with Crippen molar-refractivity contribution < 1.29 is 17.9 Å². The Labute approximate surface area is 117 Å². The van der Waals surface area contributed by atoms with Gasteiger partial charge in [-0.15, -0.1) is 0 Å². The zero-order chi connectivity index (χ0) is 14.9. The van der Waals surface area contributed by atoms with Crippen LogP contribution in [0.4, 0.5) is 0 Å². The summed E-state index contributed by atoms with van der Waals surface area (Å²) in [4.78, 5) is 17.2. The fraction of sp³-hybridized carbons (Fsp3) is 0.636. The average molecular weight is 302 g/mol. The third kappa shape index (κ3) is 3.00. The number of ether oxygens (including phenoxy) is 1. The van der Waals surface area contributed by atoms with Gasteiger partial charge in [-0.25, -0.2) is 18.1 Å². The molecule has 8 nitrogen and oxygen atoms in total. The molecule has 112 valence electrons. The van der Waals surface area contributed by atoms with E-state index >= 15 is 0 Å². The zero-order valence-corrected chi connectivity index (χ0v) is 12.4. The van der Waals surface area contributed by atoms with Gasteiger partial charge >= 0.3 is 5.97 Å². The number of hydrogen-bond donors (Lipinski definition) is 1. The van der Waals surface area contributed by atoms with Gasteiger partial charge in [-0.05, 0) is 13.5 Å². The summed E-state index contributed by atoms with van der Waals surface area (Å²) >= 11 is 0. The lowest BCUT2D eigenvalue weighted by atomic mass is 10.2. The summed E-state index contributed by atoms with van der Waals surface area (Å²) in [6.45, 7) is 0.450. The van der Waals surface area contributed by atoms with Gasteiger partial charge in [-0.1, -0.05) is 0 Å². The van der Waals surface area contributed by atoms with Gasteiger partial charge in [0.05, 0.1) is 13.4 Å². The van der Waals surface area contributed by atoms with Gasteiger partial charge in [0.25, 0.3) is 10.0 Å². The van der Waals surface area contributed by atoms with E-state index in [1.54, 1.807) is 23.6 Å². The van der Waals surface area contributed by atoms with Crippen molar-refractivity contribution >= 4 is 16.0 Å². The normalized spacial score (nSPS) is 23.9. The first-order valence-electron chi connectivity index (χ1n) is 6.12. The second-order valence-electron chi connectivity index (χ2n) is 4.91. The lowest BCUT2D eigenvalue weighted by molar-refractivity contribution is -0.145. The summed E-state index contributed by atoms with van der Waals surface area (Å²) in [6, 6.07) is -0.757. The van der Waals surface area contributed by atoms with Gasteiger partial charge < -0.3 is 9.30 Å². The minimum atomic E-state index is -3.66. The van der Waals surface area contributed by atoms with E-state index in [-0.39, 0.29) is 17.0 Å². The van der Waals surface area contributed by atoms with Crippen LogP contribution in [0.15, 0.2) is 17.6 Å². The summed E-state index contributed by atoms with van der Waals surface area (Å²) in [7, 11) is 1.12. The molecule has 0 amide bonds. The first-order valence-corrected chi connectivity index (χ1v) is 7.60. The van der Waals surface area contributed by atoms with Crippen molar-refractivity contribution in [1.29, 1.82) is 0 Å². The molecular weight excluding hydrogens is 284 g/mol. The van der Waals surface area contributed by atoms with Gasteiger partial charge in [0.1, 0.15) is 6.04 Å². The molecular formula is C11H18N4O4S. The molecule has 0 unspecified atom stereocenters. The molecule has 0 bridgehead atoms. The van der Waals surface area contributed by atoms with E-state index in [2.05, 4.69) is 9.71 Å². The number of rotatable bonds is 4. The number of nitrogens with one attached hydrogen (secondary N) is 1. The van der Waals surface area contributed by atoms with Crippen molar-refractivity contribution in [2.75, 3.05) is 20.7 Å². The van der Waals surface area contributed by atoms with Gasteiger partial charge in [0.15, 0.2) is 5.03 Å². The van der Waals surface area contributed by atoms with E-state index < -0.39 is 16.1 Å². The molecule has 0 spiro atoms. The molecule has 0 saturated carbocycles. The number of sulfonamides is 1. The predicted octanol–water partition coefficient (Wildman–Crippen LogP) is -1.06. The molecule has 0 radical (unpaired) electrons. The first kappa shape index (κ1) is 14.9. The van der Waals surface area contributed by atoms with E-state index in [0.717, 1.165) is 0 Å². The van der Waals surface area contributed by atoms with E-state index in [1.165, 1.54) is 19.6 Å². The fourth-order valence-electron chi connectivity index (χ4n) is 2.30. The second kappa shape index (κ2) is 5.51. The van der Waals surface area contributed by atoms with Crippen LogP contribution in [0.2, 0.25) is 0 Å². The van der Waals surface area contributed by atoms with Crippen LogP contribution < -0.4 is 4.72 Å². The molecule has 1 aliphatic heterocycles. The molecule has 0 aliphatic carbocycles. The summed E-state index contributed by atoms with van der Waals surface area (Å²) < 4.78 is 33.1. The van der Waals surface area contributed by atoms with Gasteiger partial charge in [-0.2, -0.15) is 0 Å². The number of aromatic nitrogens is 2. The molecule has 1 saturated heterocycles. The van der Waals surface area contributed by atoms with Crippen LogP contribution in [0.1, 0.15) is 6.42 Å². The van der Waals surface area contributed by atoms with Crippen LogP contribution in [0.3, 0.4) is 0 Å². The molecule has 1 aliphatic rings. The molecule has 1 aromatic heterocycles. The minimum Gasteiger partial charge on any atom is -0.468 e. The van der Waals surface area contributed by atoms with Crippen molar-refractivity contribution in [3.05, 3.63) is 12.5 Å². The van der Waals surface area contributed by atoms with Gasteiger partial charge in [0.2, 0.25) is 0 Å². The third-order valence-electron chi connectivity index (χ3n) is 3.30. The lowest BCUT2D eigenvalue weighted by Gasteiger charge is -2.15. The number of imidazole rings is 1. The summed E-state index contributed by atoms with van der Waals surface area (Å²) in [5.41, 5.74) is 0. The Hall–Kier alpha value is -1.45. The Morgan fingerprint density at radius 3 is 2.75 bits per heavy atom. The Kier molecular flexibility index (Phi) is 4.11. The number of hydrogen-bond acceptors (Lipinski definition) is 6. The Morgan fingerprint density at radius 1 is 1.50 bits per heavy atom. The molecule has 1 fully saturated rings. The van der Waals surface area contributed by atoms with Gasteiger partial charge in [0, 0.05) is 25.8 Å². The number of methoxy groups -OCH3 is 1. The highest BCUT2D eigenvalue weighted by molar-refractivity contribution is 7.89. The number of likely N-dealkylation sites (N-methyl/N-ethyl adjacent to an activating group) is 1. The van der Waals surface area contributed by atoms with E-state index in [4.69, 9.17) is 4.74 Å². The fourth-order valence-corrected chi connectivity index (χ4v) is 3.53. The number of carbonyl (C=O) groups is 1. The van der Waals surface area contributed by atoms with Crippen LogP contribution in [0.5, 0.6) is 0 Å². The van der Waals surface area contributed by atoms with Crippen LogP contribution >= 0.6 is 0 Å². The standard InChI is InChI=1S/C11H18N4O4S/c1-14-6-10(12-7-14)20(17,18)13-8-4-9(11(16)19-3)15(2)5-8/h6-9,13H,4-5H2,1-3H3/t8-,9+/m1/s1. The summed E-state index contributed by atoms with van der Waals surface area (Å²) in [5.74, 6) is -0.355. The highest BCUT2D eigenvalue weighted by atomic mass is 32.2. The first-order chi connectivity index (χ1) is 9.33. The van der Waals surface area contributed by atoms with Crippen molar-refractivity contribution in [2.24, 2.45) is 7.05 Å². The number of esters is 1. The SMILES string of the molecule is COC(=O)[C@@H]1C[C@@H](NS(=O)(=O)c2cn(C)cn2)CN1C. The molecule has 1 N–H and O–H groups in total. The number of likely N-dealkylation sites (tertiary alicyclic amines) is 1. The Bertz CT molecular complexity index is 597. The second-order valence-corrected chi connectivity index (χ2v) is 6.57. The summed E-state index contributed by atoms with van der Waals surface area (Å²) in [6.07, 6.45) is 3.24. The minimum absolute atomic E-state index is 0.0239. The maximum atomic E-state index is 12.1. The molecule has 2 rings (SSSR count). The smallest absolute Gasteiger partial charge is 0.323 e. The molecule has 1 aromatic rings. The maximum absolute atomic E-state index is 12.1. The number of nitrogens with zero attached hydrogens (tertiary/aromatic N) is 3. The van der Waals surface area contributed by atoms with Gasteiger partial charge in [-0.3, -0.25) is 9.69 Å². The topological polar surface area (TPSA) is 93.5 Å². The average Bonchev–Trinajstić information content (AvgIpc) is 2.95. The van der Waals surface area contributed by atoms with Crippen molar-refractivity contribution in [1.82, 2.24) is 19.2 Å². The number of aryl methyl sites for hydroxylation is 1. The van der Waals surface area contributed by atoms with E-state index in [0.29, 0.717) is 13.0 Å². The van der Waals surface area contributed by atoms with Crippen molar-refractivity contribution in [2.45, 2.75) is 23.5 Å². The Morgan fingerprint density at radius 2 is 2.20 bits per heavy atom. The maximum Gasteiger partial charge on any atom is 0.323 e. The van der Waals surface area contributed by atoms with Crippen LogP contribution in [0.25, 0.3) is 0 Å². The highest BCUT2D eigenvalue weighted by Crippen LogP contribution is 2.18. The molecule has 2 atom stereocenters. The van der Waals surface area contributed by atoms with E-state index in [1.807, 2.05) is 0 Å². The zero-order valence-electron chi connectivity index (χ0n) is 11.6. The third-order valence-corrected chi connectivity index (χ3v) is 4.70. The van der Waals surface area contributed by atoms with Crippen molar-refractivity contribution in [3.63, 3.8) is 0 Å². The quantitative estimate of drug-likeness (QED) is 0.713. The molecule has 20 heavy (non-hydrogen) atoms. The monoisotopic (exact) mass is 302 g/mol. The molecule has 2 heterocycles. The lowest BCUT2D eigenvalue weighted by Crippen LogP contribution is -2.36. The number of carbonyl (C=O) groups excluding carboxylic acids is 1. The Balaban J connectivity index is 2.06. The van der Waals surface area contributed by atoms with Crippen LogP contribution in [-0.2, 0) is 26.6 Å². The molecule has 9 heteroatoms. The van der Waals surface area contributed by atoms with Crippen LogP contribution in [0, 0.1) is 0 Å². The highest BCUT2D eigenvalue weighted by Gasteiger charge is 2.37. The van der Waals surface area contributed by atoms with Crippen molar-refractivity contribution in [3.8, 4) is 0 Å². The molecule has 0 aromatic carbocycles. The summed E-state index contributed by atoms with van der Waals surface area (Å²) in [5, 5.41) is -0.0239. The van der Waals surface area contributed by atoms with Crippen LogP contribution in [-0.4, -0.2) is 61.6 Å². The largest absolute Gasteiger partial charge is 0.468 e.